The Morgan fingerprint density at radius 3 is 2.62 bits per heavy atom. The van der Waals surface area contributed by atoms with Crippen LogP contribution in [0.1, 0.15) is 11.3 Å². The zero-order valence-corrected chi connectivity index (χ0v) is 23.3. The summed E-state index contributed by atoms with van der Waals surface area (Å²) in [4.78, 5) is 4.62. The van der Waals surface area contributed by atoms with Gasteiger partial charge in [-0.3, -0.25) is 0 Å². The number of para-hydroxylation sites is 1. The number of alkyl halides is 3. The van der Waals surface area contributed by atoms with Crippen LogP contribution in [-0.2, 0) is 20.8 Å². The van der Waals surface area contributed by atoms with Crippen LogP contribution < -0.4 is 0 Å². The molecule has 0 saturated carbocycles. The molecule has 0 amide bonds. The highest BCUT2D eigenvalue weighted by atomic mass is 79.9. The molecule has 0 atom stereocenters. The fraction of sp³-hybridized carbons (Fsp3) is 0.174. The molecule has 2 heterocycles. The normalized spacial score (nSPS) is 12.1. The Morgan fingerprint density at radius 2 is 1.95 bits per heavy atom. The van der Waals surface area contributed by atoms with Crippen molar-refractivity contribution in [3.05, 3.63) is 70.8 Å². The van der Waals surface area contributed by atoms with Gasteiger partial charge in [0.05, 0.1) is 20.6 Å². The molecule has 2 aromatic heterocycles. The first kappa shape index (κ1) is 27.4. The van der Waals surface area contributed by atoms with Gasteiger partial charge in [-0.2, -0.15) is 22.6 Å². The third-order valence-electron chi connectivity index (χ3n) is 5.03. The highest BCUT2D eigenvalue weighted by molar-refractivity contribution is 9.10. The molecule has 0 fully saturated rings. The first-order chi connectivity index (χ1) is 17.4. The van der Waals surface area contributed by atoms with E-state index in [4.69, 9.17) is 4.74 Å². The molecular weight excluding hydrogens is 613 g/mol. The molecule has 0 saturated heterocycles. The molecule has 7 nitrogen and oxygen atoms in total. The van der Waals surface area contributed by atoms with Crippen molar-refractivity contribution in [3.8, 4) is 27.8 Å². The lowest BCUT2D eigenvalue weighted by atomic mass is 10.1. The van der Waals surface area contributed by atoms with Crippen molar-refractivity contribution < 1.29 is 26.3 Å². The number of benzene rings is 2. The van der Waals surface area contributed by atoms with Crippen LogP contribution in [0.25, 0.3) is 33.5 Å². The molecule has 4 rings (SSSR count). The van der Waals surface area contributed by atoms with Gasteiger partial charge >= 0.3 is 6.18 Å². The molecule has 0 bridgehead atoms. The Kier molecular flexibility index (Phi) is 7.83. The maximum absolute atomic E-state index is 13.9. The second kappa shape index (κ2) is 10.6. The van der Waals surface area contributed by atoms with Gasteiger partial charge in [-0.25, -0.2) is 18.1 Å². The highest BCUT2D eigenvalue weighted by Crippen LogP contribution is 2.40. The zero-order chi connectivity index (χ0) is 27.0. The standard InChI is InChI=1S/C23H18BrF3N4O3S3/c1-13(34-12-35-2)19-18(24)20(31(29-19)17-10-5-4-9-16(17)23(25,26)27)21-28-22(36-30-21)14-7-6-8-15(11-14)37(3,32)33/h4-11H,1,12H2,2-3H3. The predicted octanol–water partition coefficient (Wildman–Crippen LogP) is 6.55. The lowest BCUT2D eigenvalue weighted by Crippen LogP contribution is -2.12. The van der Waals surface area contributed by atoms with Crippen LogP contribution >= 0.6 is 39.2 Å². The summed E-state index contributed by atoms with van der Waals surface area (Å²) in [5.41, 5.74) is -0.286. The predicted molar refractivity (Wildman–Crippen MR) is 142 cm³/mol. The fourth-order valence-corrected chi connectivity index (χ4v) is 5.57. The second-order valence-electron chi connectivity index (χ2n) is 7.64. The van der Waals surface area contributed by atoms with E-state index >= 15 is 0 Å². The van der Waals surface area contributed by atoms with Crippen LogP contribution in [0.2, 0.25) is 0 Å². The molecule has 0 unspecified atom stereocenters. The summed E-state index contributed by atoms with van der Waals surface area (Å²) in [5.74, 6) is 0.509. The summed E-state index contributed by atoms with van der Waals surface area (Å²) in [6, 6.07) is 11.2. The minimum atomic E-state index is -4.65. The van der Waals surface area contributed by atoms with E-state index in [1.165, 1.54) is 42.1 Å². The molecule has 0 aliphatic carbocycles. The number of halogens is 4. The van der Waals surface area contributed by atoms with Gasteiger partial charge in [0, 0.05) is 11.8 Å². The van der Waals surface area contributed by atoms with E-state index < -0.39 is 21.6 Å². The van der Waals surface area contributed by atoms with Gasteiger partial charge in [0.2, 0.25) is 0 Å². The number of hydrogen-bond donors (Lipinski definition) is 0. The monoisotopic (exact) mass is 630 g/mol. The van der Waals surface area contributed by atoms with Crippen LogP contribution in [0.3, 0.4) is 0 Å². The van der Waals surface area contributed by atoms with Gasteiger partial charge in [-0.15, -0.1) is 11.8 Å². The molecule has 194 valence electrons. The van der Waals surface area contributed by atoms with E-state index in [1.54, 1.807) is 12.1 Å². The van der Waals surface area contributed by atoms with E-state index in [1.807, 2.05) is 6.26 Å². The van der Waals surface area contributed by atoms with Crippen molar-refractivity contribution in [1.82, 2.24) is 19.1 Å². The highest BCUT2D eigenvalue weighted by Gasteiger charge is 2.36. The molecular formula is C23H18BrF3N4O3S3. The van der Waals surface area contributed by atoms with Crippen molar-refractivity contribution in [2.75, 3.05) is 18.5 Å². The quantitative estimate of drug-likeness (QED) is 0.161. The minimum Gasteiger partial charge on any atom is -0.481 e. The van der Waals surface area contributed by atoms with Crippen molar-refractivity contribution in [1.29, 1.82) is 0 Å². The number of sulfone groups is 1. The Bertz CT molecular complexity index is 1580. The molecule has 0 aliphatic rings. The number of ether oxygens (including phenoxy) is 1. The fourth-order valence-electron chi connectivity index (χ4n) is 3.34. The van der Waals surface area contributed by atoms with E-state index in [0.29, 0.717) is 15.0 Å². The summed E-state index contributed by atoms with van der Waals surface area (Å²) >= 11 is 5.81. The Hall–Kier alpha value is -2.68. The van der Waals surface area contributed by atoms with Crippen molar-refractivity contribution in [2.45, 2.75) is 11.1 Å². The number of hydrogen-bond acceptors (Lipinski definition) is 8. The van der Waals surface area contributed by atoms with Gasteiger partial charge in [0.25, 0.3) is 0 Å². The maximum atomic E-state index is 13.9. The average Bonchev–Trinajstić information content (AvgIpc) is 3.46. The largest absolute Gasteiger partial charge is 0.481 e. The van der Waals surface area contributed by atoms with E-state index in [2.05, 4.69) is 37.0 Å². The van der Waals surface area contributed by atoms with E-state index in [9.17, 15) is 21.6 Å². The molecule has 2 aromatic carbocycles. The van der Waals surface area contributed by atoms with Crippen molar-refractivity contribution in [3.63, 3.8) is 0 Å². The molecule has 4 aromatic rings. The Morgan fingerprint density at radius 1 is 1.22 bits per heavy atom. The van der Waals surface area contributed by atoms with Crippen LogP contribution in [0.4, 0.5) is 13.2 Å². The molecule has 37 heavy (non-hydrogen) atoms. The minimum absolute atomic E-state index is 0.0880. The lowest BCUT2D eigenvalue weighted by molar-refractivity contribution is -0.137. The summed E-state index contributed by atoms with van der Waals surface area (Å²) < 4.78 is 76.9. The Balaban J connectivity index is 1.90. The number of nitrogens with zero attached hydrogens (tertiary/aromatic N) is 4. The van der Waals surface area contributed by atoms with Crippen LogP contribution in [-0.4, -0.2) is 46.0 Å². The average molecular weight is 632 g/mol. The molecule has 0 radical (unpaired) electrons. The smallest absolute Gasteiger partial charge is 0.418 e. The third kappa shape index (κ3) is 5.76. The first-order valence-electron chi connectivity index (χ1n) is 10.3. The summed E-state index contributed by atoms with van der Waals surface area (Å²) in [6.45, 7) is 3.86. The van der Waals surface area contributed by atoms with E-state index in [-0.39, 0.29) is 39.5 Å². The molecule has 0 aliphatic heterocycles. The lowest BCUT2D eigenvalue weighted by Gasteiger charge is -2.14. The van der Waals surface area contributed by atoms with Gasteiger partial charge < -0.3 is 4.74 Å². The number of aromatic nitrogens is 4. The molecule has 0 spiro atoms. The molecule has 0 N–H and O–H groups in total. The van der Waals surface area contributed by atoms with Gasteiger partial charge in [-0.1, -0.05) is 30.8 Å². The number of rotatable bonds is 8. The van der Waals surface area contributed by atoms with Gasteiger partial charge in [0.15, 0.2) is 15.7 Å². The Labute approximate surface area is 227 Å². The van der Waals surface area contributed by atoms with E-state index in [0.717, 1.165) is 28.5 Å². The third-order valence-corrected chi connectivity index (χ3v) is 8.01. The van der Waals surface area contributed by atoms with Crippen LogP contribution in [0.15, 0.2) is 64.5 Å². The SMILES string of the molecule is C=C(OCSC)c1nn(-c2ccccc2C(F)(F)F)c(-c2nsc(-c3cccc(S(C)(=O)=O)c3)n2)c1Br. The first-order valence-corrected chi connectivity index (χ1v) is 15.2. The van der Waals surface area contributed by atoms with Crippen molar-refractivity contribution in [2.24, 2.45) is 0 Å². The van der Waals surface area contributed by atoms with Gasteiger partial charge in [0.1, 0.15) is 28.1 Å². The second-order valence-corrected chi connectivity index (χ2v) is 12.0. The van der Waals surface area contributed by atoms with Gasteiger partial charge in [-0.05, 0) is 58.0 Å². The summed E-state index contributed by atoms with van der Waals surface area (Å²) in [5, 5.41) is 4.77. The zero-order valence-electron chi connectivity index (χ0n) is 19.3. The molecule has 14 heteroatoms. The number of thioether (sulfide) groups is 1. The van der Waals surface area contributed by atoms with Crippen LogP contribution in [0.5, 0.6) is 0 Å². The topological polar surface area (TPSA) is 87.0 Å². The summed E-state index contributed by atoms with van der Waals surface area (Å²) in [6.07, 6.45) is -1.73. The summed E-state index contributed by atoms with van der Waals surface area (Å²) in [7, 11) is -3.46. The maximum Gasteiger partial charge on any atom is 0.418 e. The van der Waals surface area contributed by atoms with Crippen molar-refractivity contribution >= 4 is 54.8 Å². The van der Waals surface area contributed by atoms with Crippen LogP contribution in [0, 0.1) is 0 Å².